The number of aromatic nitrogens is 2. The number of carbonyl (C=O) groups excluding carboxylic acids is 2. The van der Waals surface area contributed by atoms with E-state index in [-0.39, 0.29) is 17.6 Å². The van der Waals surface area contributed by atoms with Crippen LogP contribution in [0.2, 0.25) is 5.15 Å². The Labute approximate surface area is 89.6 Å². The molecule has 1 aromatic rings. The van der Waals surface area contributed by atoms with Gasteiger partial charge in [0.2, 0.25) is 6.08 Å². The molecule has 78 valence electrons. The maximum Gasteiger partial charge on any atom is 0.321 e. The molecule has 0 saturated heterocycles. The van der Waals surface area contributed by atoms with Crippen LogP contribution in [0.5, 0.6) is 0 Å². The van der Waals surface area contributed by atoms with Crippen LogP contribution in [0.3, 0.4) is 0 Å². The molecular formula is C7H6ClN5O2. The molecule has 15 heavy (non-hydrogen) atoms. The van der Waals surface area contributed by atoms with Gasteiger partial charge in [-0.15, -0.1) is 10.2 Å². The Kier molecular flexibility index (Phi) is 4.21. The van der Waals surface area contributed by atoms with Crippen LogP contribution in [0.25, 0.3) is 0 Å². The number of amides is 2. The van der Waals surface area contributed by atoms with Crippen molar-refractivity contribution in [3.8, 4) is 0 Å². The van der Waals surface area contributed by atoms with Crippen LogP contribution in [0.1, 0.15) is 0 Å². The lowest BCUT2D eigenvalue weighted by molar-refractivity contribution is 0.252. The smallest absolute Gasteiger partial charge is 0.318 e. The summed E-state index contributed by atoms with van der Waals surface area (Å²) in [5, 5.41) is 12.0. The van der Waals surface area contributed by atoms with E-state index >= 15 is 0 Å². The number of aliphatic imine (C=N–C) groups is 1. The van der Waals surface area contributed by atoms with E-state index in [1.807, 2.05) is 0 Å². The van der Waals surface area contributed by atoms with Gasteiger partial charge in [-0.3, -0.25) is 5.32 Å². The number of hydrogen-bond donors (Lipinski definition) is 2. The zero-order valence-electron chi connectivity index (χ0n) is 7.40. The summed E-state index contributed by atoms with van der Waals surface area (Å²) in [6, 6.07) is 2.41. The van der Waals surface area contributed by atoms with Crippen molar-refractivity contribution in [2.45, 2.75) is 0 Å². The first-order chi connectivity index (χ1) is 7.22. The van der Waals surface area contributed by atoms with Crippen LogP contribution < -0.4 is 10.6 Å². The van der Waals surface area contributed by atoms with Gasteiger partial charge in [-0.05, 0) is 12.1 Å². The van der Waals surface area contributed by atoms with Crippen LogP contribution >= 0.6 is 11.6 Å². The molecule has 0 saturated carbocycles. The number of isocyanates is 1. The van der Waals surface area contributed by atoms with Crippen molar-refractivity contribution >= 4 is 29.5 Å². The molecule has 2 N–H and O–H groups in total. The van der Waals surface area contributed by atoms with E-state index in [9.17, 15) is 9.59 Å². The van der Waals surface area contributed by atoms with Crippen LogP contribution in [0.15, 0.2) is 17.1 Å². The second-order valence-electron chi connectivity index (χ2n) is 2.28. The quantitative estimate of drug-likeness (QED) is 0.582. The van der Waals surface area contributed by atoms with Crippen molar-refractivity contribution < 1.29 is 9.59 Å². The number of carbonyl (C=O) groups is 1. The largest absolute Gasteiger partial charge is 0.321 e. The molecule has 0 fully saturated rings. The summed E-state index contributed by atoms with van der Waals surface area (Å²) in [7, 11) is 0. The number of urea groups is 1. The van der Waals surface area contributed by atoms with Gasteiger partial charge in [0.25, 0.3) is 0 Å². The summed E-state index contributed by atoms with van der Waals surface area (Å²) in [5.74, 6) is 0.243. The van der Waals surface area contributed by atoms with E-state index in [4.69, 9.17) is 11.6 Å². The van der Waals surface area contributed by atoms with Gasteiger partial charge in [0.05, 0.1) is 0 Å². The molecule has 0 aliphatic carbocycles. The van der Waals surface area contributed by atoms with Crippen molar-refractivity contribution in [3.05, 3.63) is 17.3 Å². The van der Waals surface area contributed by atoms with Gasteiger partial charge in [-0.25, -0.2) is 9.59 Å². The number of halogens is 1. The highest BCUT2D eigenvalue weighted by atomic mass is 35.5. The second-order valence-corrected chi connectivity index (χ2v) is 2.67. The molecule has 0 unspecified atom stereocenters. The molecule has 0 radical (unpaired) electrons. The number of nitrogens with one attached hydrogen (secondary N) is 2. The fourth-order valence-electron chi connectivity index (χ4n) is 0.687. The van der Waals surface area contributed by atoms with E-state index < -0.39 is 6.03 Å². The minimum Gasteiger partial charge on any atom is -0.318 e. The first-order valence-corrected chi connectivity index (χ1v) is 4.18. The van der Waals surface area contributed by atoms with E-state index in [0.717, 1.165) is 0 Å². The molecule has 1 aromatic heterocycles. The number of anilines is 1. The van der Waals surface area contributed by atoms with E-state index in [0.29, 0.717) is 0 Å². The van der Waals surface area contributed by atoms with E-state index in [1.165, 1.54) is 18.2 Å². The van der Waals surface area contributed by atoms with Crippen molar-refractivity contribution in [2.24, 2.45) is 4.99 Å². The monoisotopic (exact) mass is 227 g/mol. The fourth-order valence-corrected chi connectivity index (χ4v) is 0.788. The first-order valence-electron chi connectivity index (χ1n) is 3.80. The molecule has 8 heteroatoms. The maximum atomic E-state index is 11.1. The third-order valence-corrected chi connectivity index (χ3v) is 1.46. The third kappa shape index (κ3) is 4.17. The molecule has 0 spiro atoms. The summed E-state index contributed by atoms with van der Waals surface area (Å²) in [6.07, 6.45) is 1.28. The lowest BCUT2D eigenvalue weighted by atomic mass is 10.5. The normalized spacial score (nSPS) is 8.87. The fraction of sp³-hybridized carbons (Fsp3) is 0.143. The minimum absolute atomic E-state index is 0.143. The zero-order valence-corrected chi connectivity index (χ0v) is 8.15. The predicted octanol–water partition coefficient (Wildman–Crippen LogP) is 0.545. The van der Waals surface area contributed by atoms with Crippen LogP contribution in [-0.2, 0) is 4.79 Å². The molecule has 7 nitrogen and oxygen atoms in total. The molecule has 0 bridgehead atoms. The van der Waals surface area contributed by atoms with Crippen LogP contribution in [-0.4, -0.2) is 29.0 Å². The Morgan fingerprint density at radius 1 is 1.53 bits per heavy atom. The van der Waals surface area contributed by atoms with Crippen LogP contribution in [0, 0.1) is 0 Å². The predicted molar refractivity (Wildman–Crippen MR) is 52.2 cm³/mol. The summed E-state index contributed by atoms with van der Waals surface area (Å²) in [5.41, 5.74) is 0. The topological polar surface area (TPSA) is 96.3 Å². The van der Waals surface area contributed by atoms with E-state index in [1.54, 1.807) is 0 Å². The Hall–Kier alpha value is -1.98. The van der Waals surface area contributed by atoms with Gasteiger partial charge in [-0.2, -0.15) is 4.99 Å². The molecular weight excluding hydrogens is 222 g/mol. The molecule has 1 heterocycles. The Bertz CT molecular complexity index is 387. The summed E-state index contributed by atoms with van der Waals surface area (Å²) >= 11 is 5.49. The molecule has 1 rings (SSSR count). The van der Waals surface area contributed by atoms with Gasteiger partial charge in [-0.1, -0.05) is 11.6 Å². The minimum atomic E-state index is -0.550. The molecule has 0 atom stereocenters. The van der Waals surface area contributed by atoms with Gasteiger partial charge < -0.3 is 5.32 Å². The van der Waals surface area contributed by atoms with E-state index in [2.05, 4.69) is 25.8 Å². The molecule has 0 aliphatic rings. The first kappa shape index (κ1) is 11.1. The number of rotatable bonds is 3. The van der Waals surface area contributed by atoms with Crippen molar-refractivity contribution in [1.82, 2.24) is 15.5 Å². The molecule has 2 amide bonds. The summed E-state index contributed by atoms with van der Waals surface area (Å²) in [6.45, 7) is -0.143. The summed E-state index contributed by atoms with van der Waals surface area (Å²) in [4.78, 5) is 23.9. The number of nitrogens with zero attached hydrogens (tertiary/aromatic N) is 3. The molecule has 0 aliphatic heterocycles. The standard InChI is InChI=1S/C7H6ClN5O2/c8-5-1-2-6(13-12-5)11-7(15)10-3-9-4-14/h1-2H,3H2,(H2,10,11,13,15). The highest BCUT2D eigenvalue weighted by Crippen LogP contribution is 2.05. The van der Waals surface area contributed by atoms with Crippen molar-refractivity contribution in [1.29, 1.82) is 0 Å². The van der Waals surface area contributed by atoms with Gasteiger partial charge in [0.1, 0.15) is 6.67 Å². The third-order valence-electron chi connectivity index (χ3n) is 1.26. The average Bonchev–Trinajstić information content (AvgIpc) is 2.22. The lowest BCUT2D eigenvalue weighted by Gasteiger charge is -2.02. The van der Waals surface area contributed by atoms with Gasteiger partial charge in [0, 0.05) is 0 Å². The number of hydrogen-bond acceptors (Lipinski definition) is 5. The Balaban J connectivity index is 2.44. The average molecular weight is 228 g/mol. The maximum absolute atomic E-state index is 11.1. The van der Waals surface area contributed by atoms with Gasteiger partial charge >= 0.3 is 6.03 Å². The van der Waals surface area contributed by atoms with Gasteiger partial charge in [0.15, 0.2) is 11.0 Å². The Morgan fingerprint density at radius 2 is 2.33 bits per heavy atom. The summed E-state index contributed by atoms with van der Waals surface area (Å²) < 4.78 is 0. The second kappa shape index (κ2) is 5.69. The van der Waals surface area contributed by atoms with Crippen molar-refractivity contribution in [2.75, 3.05) is 12.0 Å². The lowest BCUT2D eigenvalue weighted by Crippen LogP contribution is -2.29. The zero-order chi connectivity index (χ0) is 11.1. The van der Waals surface area contributed by atoms with Crippen molar-refractivity contribution in [3.63, 3.8) is 0 Å². The SMILES string of the molecule is O=C=NCNC(=O)Nc1ccc(Cl)nn1. The highest BCUT2D eigenvalue weighted by molar-refractivity contribution is 6.29. The Morgan fingerprint density at radius 3 is 2.93 bits per heavy atom. The highest BCUT2D eigenvalue weighted by Gasteiger charge is 2.01. The molecule has 0 aromatic carbocycles. The van der Waals surface area contributed by atoms with Crippen LogP contribution in [0.4, 0.5) is 10.6 Å².